The molecule has 1 aliphatic carbocycles. The second kappa shape index (κ2) is 5.59. The lowest BCUT2D eigenvalue weighted by Crippen LogP contribution is -2.35. The summed E-state index contributed by atoms with van der Waals surface area (Å²) in [6.07, 6.45) is 3.04. The van der Waals surface area contributed by atoms with E-state index in [0.717, 1.165) is 25.8 Å². The van der Waals surface area contributed by atoms with Crippen LogP contribution in [0.4, 0.5) is 10.1 Å². The summed E-state index contributed by atoms with van der Waals surface area (Å²) in [4.78, 5) is 14.3. The SMILES string of the molecule is CC(C)CCN(C(=O)c1cccc(F)c1N)C1CC1. The monoisotopic (exact) mass is 264 g/mol. The Kier molecular flexibility index (Phi) is 4.08. The van der Waals surface area contributed by atoms with E-state index in [2.05, 4.69) is 13.8 Å². The van der Waals surface area contributed by atoms with Crippen LogP contribution in [0.5, 0.6) is 0 Å². The number of carbonyl (C=O) groups is 1. The minimum absolute atomic E-state index is 0.0392. The van der Waals surface area contributed by atoms with Crippen LogP contribution in [0.1, 0.15) is 43.5 Å². The molecule has 3 nitrogen and oxygen atoms in total. The first-order chi connectivity index (χ1) is 9.00. The van der Waals surface area contributed by atoms with E-state index in [1.807, 2.05) is 4.90 Å². The molecule has 19 heavy (non-hydrogen) atoms. The maximum Gasteiger partial charge on any atom is 0.256 e. The highest BCUT2D eigenvalue weighted by molar-refractivity contribution is 5.99. The number of carbonyl (C=O) groups excluding carboxylic acids is 1. The number of nitrogen functional groups attached to an aromatic ring is 1. The highest BCUT2D eigenvalue weighted by Crippen LogP contribution is 2.30. The molecule has 4 heteroatoms. The fraction of sp³-hybridized carbons (Fsp3) is 0.533. The standard InChI is InChI=1S/C15H21FN2O/c1-10(2)8-9-18(11-6-7-11)15(19)12-4-3-5-13(16)14(12)17/h3-5,10-11H,6-9,17H2,1-2H3. The number of anilines is 1. The average molecular weight is 264 g/mol. The molecule has 1 aromatic rings. The molecule has 0 spiro atoms. The summed E-state index contributed by atoms with van der Waals surface area (Å²) in [5.41, 5.74) is 5.92. The van der Waals surface area contributed by atoms with Gasteiger partial charge in [0.15, 0.2) is 0 Å². The number of rotatable bonds is 5. The van der Waals surface area contributed by atoms with Gasteiger partial charge in [0.25, 0.3) is 5.91 Å². The molecule has 1 amide bonds. The van der Waals surface area contributed by atoms with Gasteiger partial charge in [0, 0.05) is 12.6 Å². The minimum atomic E-state index is -0.523. The summed E-state index contributed by atoms with van der Waals surface area (Å²) in [7, 11) is 0. The highest BCUT2D eigenvalue weighted by atomic mass is 19.1. The number of nitrogens with zero attached hydrogens (tertiary/aromatic N) is 1. The molecule has 0 aromatic heterocycles. The summed E-state index contributed by atoms with van der Waals surface area (Å²) in [6.45, 7) is 4.98. The van der Waals surface area contributed by atoms with E-state index >= 15 is 0 Å². The maximum absolute atomic E-state index is 13.4. The Morgan fingerprint density at radius 1 is 1.47 bits per heavy atom. The van der Waals surface area contributed by atoms with Crippen molar-refractivity contribution in [2.75, 3.05) is 12.3 Å². The third-order valence-corrected chi connectivity index (χ3v) is 3.48. The Labute approximate surface area is 113 Å². The molecule has 1 aliphatic rings. The number of halogens is 1. The van der Waals surface area contributed by atoms with Crippen molar-refractivity contribution >= 4 is 11.6 Å². The molecule has 0 radical (unpaired) electrons. The van der Waals surface area contributed by atoms with Crippen LogP contribution in [-0.4, -0.2) is 23.4 Å². The first-order valence-corrected chi connectivity index (χ1v) is 6.85. The zero-order chi connectivity index (χ0) is 14.0. The Balaban J connectivity index is 2.17. The number of hydrogen-bond donors (Lipinski definition) is 1. The van der Waals surface area contributed by atoms with Gasteiger partial charge in [-0.1, -0.05) is 19.9 Å². The molecule has 0 atom stereocenters. The lowest BCUT2D eigenvalue weighted by Gasteiger charge is -2.24. The normalized spacial score (nSPS) is 14.7. The quantitative estimate of drug-likeness (QED) is 0.831. The molecule has 104 valence electrons. The van der Waals surface area contributed by atoms with Gasteiger partial charge >= 0.3 is 0 Å². The predicted octanol–water partition coefficient (Wildman–Crippen LogP) is 3.06. The molecular formula is C15H21FN2O. The molecule has 0 heterocycles. The van der Waals surface area contributed by atoms with Crippen LogP contribution in [0.2, 0.25) is 0 Å². The van der Waals surface area contributed by atoms with Crippen LogP contribution in [-0.2, 0) is 0 Å². The molecule has 1 saturated carbocycles. The highest BCUT2D eigenvalue weighted by Gasteiger charge is 2.33. The topological polar surface area (TPSA) is 46.3 Å². The van der Waals surface area contributed by atoms with Gasteiger partial charge in [0.05, 0.1) is 11.3 Å². The largest absolute Gasteiger partial charge is 0.396 e. The van der Waals surface area contributed by atoms with Crippen LogP contribution in [0.15, 0.2) is 18.2 Å². The van der Waals surface area contributed by atoms with Crippen molar-refractivity contribution in [2.45, 2.75) is 39.2 Å². The summed E-state index contributed by atoms with van der Waals surface area (Å²) in [5, 5.41) is 0. The number of benzene rings is 1. The zero-order valence-electron chi connectivity index (χ0n) is 11.5. The van der Waals surface area contributed by atoms with Gasteiger partial charge in [-0.25, -0.2) is 4.39 Å². The molecule has 0 saturated heterocycles. The fourth-order valence-corrected chi connectivity index (χ4v) is 2.11. The van der Waals surface area contributed by atoms with E-state index in [4.69, 9.17) is 5.73 Å². The summed E-state index contributed by atoms with van der Waals surface area (Å²) >= 11 is 0. The van der Waals surface area contributed by atoms with Gasteiger partial charge in [-0.3, -0.25) is 4.79 Å². The Morgan fingerprint density at radius 2 is 2.16 bits per heavy atom. The molecule has 1 fully saturated rings. The number of para-hydroxylation sites is 1. The first-order valence-electron chi connectivity index (χ1n) is 6.85. The third-order valence-electron chi connectivity index (χ3n) is 3.48. The van der Waals surface area contributed by atoms with E-state index in [-0.39, 0.29) is 17.2 Å². The van der Waals surface area contributed by atoms with Gasteiger partial charge in [0.2, 0.25) is 0 Å². The number of amides is 1. The van der Waals surface area contributed by atoms with Crippen molar-refractivity contribution in [1.29, 1.82) is 0 Å². The van der Waals surface area contributed by atoms with Crippen LogP contribution in [0.3, 0.4) is 0 Å². The van der Waals surface area contributed by atoms with Crippen molar-refractivity contribution in [3.63, 3.8) is 0 Å². The van der Waals surface area contributed by atoms with Gasteiger partial charge < -0.3 is 10.6 Å². The zero-order valence-corrected chi connectivity index (χ0v) is 11.5. The molecule has 2 rings (SSSR count). The second-order valence-electron chi connectivity index (χ2n) is 5.61. The van der Waals surface area contributed by atoms with E-state index in [9.17, 15) is 9.18 Å². The van der Waals surface area contributed by atoms with E-state index in [1.165, 1.54) is 12.1 Å². The Hall–Kier alpha value is -1.58. The smallest absolute Gasteiger partial charge is 0.256 e. The van der Waals surface area contributed by atoms with Crippen molar-refractivity contribution in [2.24, 2.45) is 5.92 Å². The van der Waals surface area contributed by atoms with Gasteiger partial charge in [-0.2, -0.15) is 0 Å². The predicted molar refractivity (Wildman–Crippen MR) is 74.3 cm³/mol. The van der Waals surface area contributed by atoms with E-state index < -0.39 is 5.82 Å². The summed E-state index contributed by atoms with van der Waals surface area (Å²) in [6, 6.07) is 4.73. The van der Waals surface area contributed by atoms with Crippen molar-refractivity contribution < 1.29 is 9.18 Å². The van der Waals surface area contributed by atoms with Crippen LogP contribution in [0.25, 0.3) is 0 Å². The summed E-state index contributed by atoms with van der Waals surface area (Å²) in [5.74, 6) is -0.121. The summed E-state index contributed by atoms with van der Waals surface area (Å²) < 4.78 is 13.4. The van der Waals surface area contributed by atoms with Crippen LogP contribution < -0.4 is 5.73 Å². The first kappa shape index (κ1) is 13.8. The Morgan fingerprint density at radius 3 is 2.74 bits per heavy atom. The number of nitrogens with two attached hydrogens (primary N) is 1. The maximum atomic E-state index is 13.4. The molecule has 1 aromatic carbocycles. The van der Waals surface area contributed by atoms with Gasteiger partial charge in [-0.05, 0) is 37.3 Å². The molecule has 0 bridgehead atoms. The molecule has 0 unspecified atom stereocenters. The van der Waals surface area contributed by atoms with Crippen molar-refractivity contribution in [3.8, 4) is 0 Å². The molecule has 0 aliphatic heterocycles. The van der Waals surface area contributed by atoms with Gasteiger partial charge in [-0.15, -0.1) is 0 Å². The lowest BCUT2D eigenvalue weighted by molar-refractivity contribution is 0.0736. The lowest BCUT2D eigenvalue weighted by atomic mass is 10.1. The van der Waals surface area contributed by atoms with Crippen molar-refractivity contribution in [3.05, 3.63) is 29.6 Å². The number of hydrogen-bond acceptors (Lipinski definition) is 2. The average Bonchev–Trinajstić information content (AvgIpc) is 3.17. The van der Waals surface area contributed by atoms with Crippen LogP contribution >= 0.6 is 0 Å². The Bertz CT molecular complexity index is 469. The molecule has 2 N–H and O–H groups in total. The minimum Gasteiger partial charge on any atom is -0.396 e. The van der Waals surface area contributed by atoms with Crippen molar-refractivity contribution in [1.82, 2.24) is 4.90 Å². The molecular weight excluding hydrogens is 243 g/mol. The van der Waals surface area contributed by atoms with Gasteiger partial charge in [0.1, 0.15) is 5.82 Å². The van der Waals surface area contributed by atoms with E-state index in [1.54, 1.807) is 6.07 Å². The second-order valence-corrected chi connectivity index (χ2v) is 5.61. The third kappa shape index (κ3) is 3.25. The van der Waals surface area contributed by atoms with E-state index in [0.29, 0.717) is 12.0 Å². The van der Waals surface area contributed by atoms with Crippen LogP contribution in [0, 0.1) is 11.7 Å². The fourth-order valence-electron chi connectivity index (χ4n) is 2.11.